The number of carbonyl (C=O) groups is 2. The van der Waals surface area contributed by atoms with Crippen LogP contribution in [0.1, 0.15) is 60.0 Å². The summed E-state index contributed by atoms with van der Waals surface area (Å²) in [5, 5.41) is 7.77. The lowest BCUT2D eigenvalue weighted by Crippen LogP contribution is -2.46. The summed E-state index contributed by atoms with van der Waals surface area (Å²) in [5.41, 5.74) is 0.354. The summed E-state index contributed by atoms with van der Waals surface area (Å²) in [6.45, 7) is 2.37. The molecule has 1 N–H and O–H groups in total. The average Bonchev–Trinajstić information content (AvgIpc) is 3.60. The zero-order valence-corrected chi connectivity index (χ0v) is 23.0. The summed E-state index contributed by atoms with van der Waals surface area (Å²) >= 11 is 12.0. The fourth-order valence-corrected chi connectivity index (χ4v) is 4.52. The van der Waals surface area contributed by atoms with E-state index in [4.69, 9.17) is 36.9 Å². The molecule has 0 aliphatic carbocycles. The molecule has 1 unspecified atom stereocenters. The zero-order chi connectivity index (χ0) is 27.8. The quantitative estimate of drug-likeness (QED) is 0.243. The van der Waals surface area contributed by atoms with Gasteiger partial charge in [0.25, 0.3) is 5.91 Å². The summed E-state index contributed by atoms with van der Waals surface area (Å²) in [5.74, 6) is 0.0705. The summed E-state index contributed by atoms with van der Waals surface area (Å²) in [4.78, 5) is 46.0. The van der Waals surface area contributed by atoms with Gasteiger partial charge in [0.2, 0.25) is 5.91 Å². The number of nitrogens with zero attached hydrogens (tertiary/aromatic N) is 2. The lowest BCUT2D eigenvalue weighted by atomic mass is 10.1. The van der Waals surface area contributed by atoms with E-state index in [1.165, 1.54) is 17.2 Å². The molecule has 39 heavy (non-hydrogen) atoms. The second kappa shape index (κ2) is 13.5. The van der Waals surface area contributed by atoms with Gasteiger partial charge in [-0.25, -0.2) is 4.79 Å². The van der Waals surface area contributed by atoms with E-state index in [0.717, 1.165) is 24.8 Å². The molecular weight excluding hydrogens is 545 g/mol. The third-order valence-corrected chi connectivity index (χ3v) is 7.02. The van der Waals surface area contributed by atoms with Gasteiger partial charge in [-0.3, -0.25) is 9.59 Å². The molecule has 1 atom stereocenters. The van der Waals surface area contributed by atoms with Gasteiger partial charge in [-0.1, -0.05) is 54.2 Å². The van der Waals surface area contributed by atoms with Gasteiger partial charge < -0.3 is 23.9 Å². The van der Waals surface area contributed by atoms with E-state index >= 15 is 0 Å². The number of oxime groups is 1. The lowest BCUT2D eigenvalue weighted by molar-refractivity contribution is -0.125. The van der Waals surface area contributed by atoms with Gasteiger partial charge in [0.15, 0.2) is 0 Å². The number of halogens is 2. The highest BCUT2D eigenvalue weighted by Crippen LogP contribution is 2.23. The molecule has 1 aromatic carbocycles. The van der Waals surface area contributed by atoms with E-state index in [1.807, 2.05) is 0 Å². The van der Waals surface area contributed by atoms with Gasteiger partial charge in [0, 0.05) is 12.8 Å². The molecule has 9 nitrogen and oxygen atoms in total. The second-order valence-electron chi connectivity index (χ2n) is 9.19. The maximum Gasteiger partial charge on any atom is 0.348 e. The molecule has 3 heterocycles. The molecule has 0 radical (unpaired) electrons. The van der Waals surface area contributed by atoms with E-state index < -0.39 is 23.5 Å². The molecule has 0 spiro atoms. The molecule has 1 fully saturated rings. The van der Waals surface area contributed by atoms with Crippen molar-refractivity contribution in [3.63, 3.8) is 0 Å². The van der Waals surface area contributed by atoms with Crippen LogP contribution < -0.4 is 10.9 Å². The van der Waals surface area contributed by atoms with Crippen molar-refractivity contribution in [1.82, 2.24) is 10.2 Å². The van der Waals surface area contributed by atoms with Crippen LogP contribution in [0.2, 0.25) is 10.0 Å². The zero-order valence-electron chi connectivity index (χ0n) is 21.5. The second-order valence-corrected chi connectivity index (χ2v) is 10.0. The van der Waals surface area contributed by atoms with Gasteiger partial charge in [-0.2, -0.15) is 0 Å². The van der Waals surface area contributed by atoms with Crippen molar-refractivity contribution in [3.05, 3.63) is 91.8 Å². The number of likely N-dealkylation sites (tertiary alicyclic amines) is 1. The summed E-state index contributed by atoms with van der Waals surface area (Å²) in [6, 6.07) is 10.7. The molecule has 11 heteroatoms. The minimum Gasteiger partial charge on any atom is -0.467 e. The van der Waals surface area contributed by atoms with Gasteiger partial charge in [0.1, 0.15) is 29.7 Å². The predicted molar refractivity (Wildman–Crippen MR) is 147 cm³/mol. The molecule has 2 aromatic heterocycles. The Labute approximate surface area is 235 Å². The van der Waals surface area contributed by atoms with Crippen molar-refractivity contribution in [2.24, 2.45) is 5.16 Å². The number of furan rings is 1. The highest BCUT2D eigenvalue weighted by Gasteiger charge is 2.39. The van der Waals surface area contributed by atoms with Crippen LogP contribution in [0, 0.1) is 0 Å². The third-order valence-electron chi connectivity index (χ3n) is 6.28. The van der Waals surface area contributed by atoms with E-state index in [2.05, 4.69) is 17.4 Å². The van der Waals surface area contributed by atoms with Crippen LogP contribution in [0.15, 0.2) is 67.5 Å². The Balaban J connectivity index is 1.49. The molecule has 3 aromatic rings. The van der Waals surface area contributed by atoms with Crippen LogP contribution in [0.3, 0.4) is 0 Å². The van der Waals surface area contributed by atoms with E-state index in [9.17, 15) is 14.4 Å². The molecule has 0 saturated carbocycles. The molecular formula is C28H29Cl2N3O6. The van der Waals surface area contributed by atoms with Crippen molar-refractivity contribution in [2.45, 2.75) is 58.2 Å². The summed E-state index contributed by atoms with van der Waals surface area (Å²) < 4.78 is 10.7. The number of rotatable bonds is 11. The van der Waals surface area contributed by atoms with Crippen LogP contribution in [0.4, 0.5) is 0 Å². The van der Waals surface area contributed by atoms with Crippen LogP contribution in [0.5, 0.6) is 0 Å². The number of amides is 2. The van der Waals surface area contributed by atoms with Crippen molar-refractivity contribution in [1.29, 1.82) is 0 Å². The molecule has 2 amide bonds. The first-order valence-corrected chi connectivity index (χ1v) is 13.5. The normalized spacial score (nSPS) is 16.0. The molecule has 4 rings (SSSR count). The first-order valence-electron chi connectivity index (χ1n) is 12.7. The highest BCUT2D eigenvalue weighted by molar-refractivity contribution is 6.42. The van der Waals surface area contributed by atoms with Crippen molar-refractivity contribution < 1.29 is 23.3 Å². The molecule has 1 aliphatic heterocycles. The Morgan fingerprint density at radius 1 is 1.13 bits per heavy atom. The number of nitrogens with one attached hydrogen (secondary N) is 1. The smallest absolute Gasteiger partial charge is 0.348 e. The topological polar surface area (TPSA) is 114 Å². The highest BCUT2D eigenvalue weighted by atomic mass is 35.5. The monoisotopic (exact) mass is 573 g/mol. The number of unbranched alkanes of at least 4 members (excludes halogenated alkanes) is 2. The molecule has 0 bridgehead atoms. The number of hydrogen-bond donors (Lipinski definition) is 1. The number of carbonyl (C=O) groups excluding carboxylic acids is 2. The summed E-state index contributed by atoms with van der Waals surface area (Å²) in [6.07, 6.45) is 5.21. The van der Waals surface area contributed by atoms with E-state index in [-0.39, 0.29) is 31.7 Å². The Bertz CT molecular complexity index is 1390. The van der Waals surface area contributed by atoms with Crippen LogP contribution >= 0.6 is 23.2 Å². The maximum absolute atomic E-state index is 13.4. The molecule has 1 saturated heterocycles. The first kappa shape index (κ1) is 28.4. The maximum atomic E-state index is 13.4. The van der Waals surface area contributed by atoms with Crippen LogP contribution in [-0.2, 0) is 29.2 Å². The largest absolute Gasteiger partial charge is 0.467 e. The minimum atomic E-state index is -0.900. The van der Waals surface area contributed by atoms with Gasteiger partial charge in [-0.15, -0.1) is 0 Å². The third kappa shape index (κ3) is 7.52. The Hall–Kier alpha value is -3.56. The van der Waals surface area contributed by atoms with Crippen molar-refractivity contribution >= 4 is 40.7 Å². The Kier molecular flexibility index (Phi) is 9.84. The minimum absolute atomic E-state index is 0.0107. The van der Waals surface area contributed by atoms with Crippen LogP contribution in [-0.4, -0.2) is 35.0 Å². The first-order chi connectivity index (χ1) is 18.9. The lowest BCUT2D eigenvalue weighted by Gasteiger charge is -2.22. The summed E-state index contributed by atoms with van der Waals surface area (Å²) in [7, 11) is 0. The van der Waals surface area contributed by atoms with Gasteiger partial charge >= 0.3 is 5.63 Å². The Morgan fingerprint density at radius 3 is 2.69 bits per heavy atom. The van der Waals surface area contributed by atoms with E-state index in [0.29, 0.717) is 33.7 Å². The fraction of sp³-hybridized carbons (Fsp3) is 0.357. The fourth-order valence-electron chi connectivity index (χ4n) is 4.20. The van der Waals surface area contributed by atoms with Crippen molar-refractivity contribution in [2.75, 3.05) is 6.54 Å². The number of aryl methyl sites for hydroxylation is 1. The average molecular weight is 574 g/mol. The standard InChI is InChI=1S/C28H29Cl2N3O6/c1-2-3-4-6-20-9-10-22(28(36)39-20)27(35)33-16-19(32-38-17-18-8-11-23(29)24(30)13-18)14-25(33)26(34)31-15-21-7-5-12-37-21/h5,7-13,25H,2-4,6,14-17H2,1H3,(H,31,34). The Morgan fingerprint density at radius 2 is 1.97 bits per heavy atom. The molecule has 206 valence electrons. The number of hydrogen-bond acceptors (Lipinski definition) is 7. The predicted octanol–water partition coefficient (Wildman–Crippen LogP) is 5.38. The SMILES string of the molecule is CCCCCc1ccc(C(=O)N2CC(=NOCc3ccc(Cl)c(Cl)c3)CC2C(=O)NCc2ccco2)c(=O)o1. The van der Waals surface area contributed by atoms with Gasteiger partial charge in [-0.05, 0) is 48.4 Å². The van der Waals surface area contributed by atoms with Crippen LogP contribution in [0.25, 0.3) is 0 Å². The van der Waals surface area contributed by atoms with Gasteiger partial charge in [0.05, 0.1) is 35.1 Å². The van der Waals surface area contributed by atoms with Crippen molar-refractivity contribution in [3.8, 4) is 0 Å². The number of benzene rings is 1. The van der Waals surface area contributed by atoms with E-state index in [1.54, 1.807) is 36.4 Å². The molecule has 1 aliphatic rings.